The van der Waals surface area contributed by atoms with Crippen molar-refractivity contribution >= 4 is 22.9 Å². The van der Waals surface area contributed by atoms with Crippen molar-refractivity contribution in [2.45, 2.75) is 6.92 Å². The van der Waals surface area contributed by atoms with Crippen LogP contribution >= 0.6 is 11.6 Å². The van der Waals surface area contributed by atoms with Gasteiger partial charge in [0.25, 0.3) is 0 Å². The number of likely N-dealkylation sites (N-methyl/N-ethyl adjacent to an activating group) is 1. The Hall–Kier alpha value is -2.28. The first-order chi connectivity index (χ1) is 14.4. The zero-order valence-electron chi connectivity index (χ0n) is 18.2. The monoisotopic (exact) mass is 427 g/mol. The summed E-state index contributed by atoms with van der Waals surface area (Å²) < 4.78 is 7.40. The second-order valence-electron chi connectivity index (χ2n) is 8.21. The lowest BCUT2D eigenvalue weighted by Gasteiger charge is -2.36. The second-order valence-corrected chi connectivity index (χ2v) is 8.62. The van der Waals surface area contributed by atoms with Crippen molar-refractivity contribution in [3.63, 3.8) is 0 Å². The van der Waals surface area contributed by atoms with E-state index in [0.29, 0.717) is 10.8 Å². The lowest BCUT2D eigenvalue weighted by atomic mass is 10.1. The summed E-state index contributed by atoms with van der Waals surface area (Å²) in [6, 6.07) is 8.26. The zero-order valence-corrected chi connectivity index (χ0v) is 19.0. The standard InChI is InChI=1S/C23H30ClN5O/c1-17-13-22(30-4)20(24)15-19(17)21-16-29-6-5-18(14-23(29)25-21)28-11-9-27(10-12-28)8-7-26(2)3/h5-6,13-16H,7-12H2,1-4H3. The first-order valence-electron chi connectivity index (χ1n) is 10.4. The number of fused-ring (bicyclic) bond motifs is 1. The molecule has 0 atom stereocenters. The molecule has 1 aromatic carbocycles. The number of nitrogens with zero attached hydrogens (tertiary/aromatic N) is 5. The molecule has 0 N–H and O–H groups in total. The first kappa shape index (κ1) is 21.0. The Labute approximate surface area is 183 Å². The van der Waals surface area contributed by atoms with Crippen LogP contribution in [0.15, 0.2) is 36.7 Å². The van der Waals surface area contributed by atoms with Crippen LogP contribution in [0.2, 0.25) is 5.02 Å². The van der Waals surface area contributed by atoms with Gasteiger partial charge in [-0.1, -0.05) is 11.6 Å². The van der Waals surface area contributed by atoms with Crippen LogP contribution in [0.4, 0.5) is 5.69 Å². The van der Waals surface area contributed by atoms with Crippen molar-refractivity contribution in [1.82, 2.24) is 19.2 Å². The molecule has 160 valence electrons. The van der Waals surface area contributed by atoms with Gasteiger partial charge in [-0.05, 0) is 44.8 Å². The lowest BCUT2D eigenvalue weighted by molar-refractivity contribution is 0.229. The summed E-state index contributed by atoms with van der Waals surface area (Å²) in [6.07, 6.45) is 4.16. The highest BCUT2D eigenvalue weighted by Gasteiger charge is 2.18. The number of anilines is 1. The Morgan fingerprint density at radius 3 is 2.60 bits per heavy atom. The van der Waals surface area contributed by atoms with Crippen molar-refractivity contribution in [3.05, 3.63) is 47.2 Å². The molecule has 30 heavy (non-hydrogen) atoms. The van der Waals surface area contributed by atoms with Crippen LogP contribution in [-0.4, -0.2) is 79.7 Å². The molecule has 3 aromatic rings. The predicted octanol–water partition coefficient (Wildman–Crippen LogP) is 3.66. The molecule has 2 aromatic heterocycles. The number of aryl methyl sites for hydroxylation is 1. The molecule has 0 unspecified atom stereocenters. The van der Waals surface area contributed by atoms with Gasteiger partial charge in [-0.15, -0.1) is 0 Å². The van der Waals surface area contributed by atoms with Crippen LogP contribution in [-0.2, 0) is 0 Å². The van der Waals surface area contributed by atoms with Crippen molar-refractivity contribution in [2.24, 2.45) is 0 Å². The maximum Gasteiger partial charge on any atom is 0.139 e. The number of piperazine rings is 1. The van der Waals surface area contributed by atoms with Gasteiger partial charge in [0.05, 0.1) is 17.8 Å². The molecular formula is C23H30ClN5O. The van der Waals surface area contributed by atoms with Crippen molar-refractivity contribution in [1.29, 1.82) is 0 Å². The molecule has 6 nitrogen and oxygen atoms in total. The van der Waals surface area contributed by atoms with E-state index in [0.717, 1.165) is 61.7 Å². The number of pyridine rings is 1. The fraction of sp³-hybridized carbons (Fsp3) is 0.435. The van der Waals surface area contributed by atoms with Crippen molar-refractivity contribution < 1.29 is 4.74 Å². The van der Waals surface area contributed by atoms with E-state index >= 15 is 0 Å². The minimum atomic E-state index is 0.600. The zero-order chi connectivity index (χ0) is 21.3. The Morgan fingerprint density at radius 1 is 1.13 bits per heavy atom. The van der Waals surface area contributed by atoms with Crippen molar-refractivity contribution in [2.75, 3.05) is 65.4 Å². The first-order valence-corrected chi connectivity index (χ1v) is 10.8. The van der Waals surface area contributed by atoms with Gasteiger partial charge in [0.1, 0.15) is 11.4 Å². The molecule has 0 spiro atoms. The Morgan fingerprint density at radius 2 is 1.90 bits per heavy atom. The smallest absolute Gasteiger partial charge is 0.139 e. The molecule has 0 amide bonds. The maximum atomic E-state index is 6.36. The lowest BCUT2D eigenvalue weighted by Crippen LogP contribution is -2.48. The fourth-order valence-corrected chi connectivity index (χ4v) is 4.20. The third-order valence-corrected chi connectivity index (χ3v) is 6.11. The van der Waals surface area contributed by atoms with Gasteiger partial charge in [0, 0.05) is 69.0 Å². The van der Waals surface area contributed by atoms with Gasteiger partial charge in [-0.2, -0.15) is 0 Å². The number of hydrogen-bond acceptors (Lipinski definition) is 5. The van der Waals surface area contributed by atoms with E-state index in [4.69, 9.17) is 21.3 Å². The molecule has 1 fully saturated rings. The molecule has 4 rings (SSSR count). The largest absolute Gasteiger partial charge is 0.495 e. The average Bonchev–Trinajstić information content (AvgIpc) is 3.17. The number of rotatable bonds is 6. The van der Waals surface area contributed by atoms with Gasteiger partial charge in [0.15, 0.2) is 0 Å². The SMILES string of the molecule is COc1cc(C)c(-c2cn3ccc(N4CCN(CCN(C)C)CC4)cc3n2)cc1Cl. The topological polar surface area (TPSA) is 36.3 Å². The van der Waals surface area contributed by atoms with Crippen LogP contribution in [0, 0.1) is 6.92 Å². The molecule has 0 aliphatic carbocycles. The third-order valence-electron chi connectivity index (χ3n) is 5.82. The molecule has 3 heterocycles. The van der Waals surface area contributed by atoms with E-state index < -0.39 is 0 Å². The Bertz CT molecular complexity index is 1020. The molecule has 7 heteroatoms. The van der Waals surface area contributed by atoms with E-state index in [-0.39, 0.29) is 0 Å². The highest BCUT2D eigenvalue weighted by molar-refractivity contribution is 6.32. The normalized spacial score (nSPS) is 15.3. The van der Waals surface area contributed by atoms with Crippen LogP contribution in [0.5, 0.6) is 5.75 Å². The predicted molar refractivity (Wildman–Crippen MR) is 124 cm³/mol. The quantitative estimate of drug-likeness (QED) is 0.600. The Balaban J connectivity index is 1.52. The third kappa shape index (κ3) is 4.41. The Kier molecular flexibility index (Phi) is 6.18. The molecule has 1 aliphatic heterocycles. The van der Waals surface area contributed by atoms with Gasteiger partial charge >= 0.3 is 0 Å². The minimum absolute atomic E-state index is 0.600. The van der Waals surface area contributed by atoms with Crippen LogP contribution < -0.4 is 9.64 Å². The summed E-state index contributed by atoms with van der Waals surface area (Å²) in [5.41, 5.74) is 5.22. The summed E-state index contributed by atoms with van der Waals surface area (Å²) in [6.45, 7) is 8.59. The number of aromatic nitrogens is 2. The molecule has 1 saturated heterocycles. The number of methoxy groups -OCH3 is 1. The van der Waals surface area contributed by atoms with E-state index in [1.54, 1.807) is 7.11 Å². The summed E-state index contributed by atoms with van der Waals surface area (Å²) in [4.78, 5) is 12.1. The number of imidazole rings is 1. The van der Waals surface area contributed by atoms with Crippen molar-refractivity contribution in [3.8, 4) is 17.0 Å². The van der Waals surface area contributed by atoms with Gasteiger partial charge < -0.3 is 18.9 Å². The molecule has 0 saturated carbocycles. The van der Waals surface area contributed by atoms with Crippen LogP contribution in [0.25, 0.3) is 16.9 Å². The fourth-order valence-electron chi connectivity index (χ4n) is 3.96. The highest BCUT2D eigenvalue weighted by Crippen LogP contribution is 2.33. The summed E-state index contributed by atoms with van der Waals surface area (Å²) in [7, 11) is 5.89. The molecule has 0 bridgehead atoms. The van der Waals surface area contributed by atoms with Gasteiger partial charge in [0.2, 0.25) is 0 Å². The molecule has 0 radical (unpaired) electrons. The minimum Gasteiger partial charge on any atom is -0.495 e. The van der Waals surface area contributed by atoms with Crippen LogP contribution in [0.1, 0.15) is 5.56 Å². The van der Waals surface area contributed by atoms with E-state index in [9.17, 15) is 0 Å². The van der Waals surface area contributed by atoms with E-state index in [2.05, 4.69) is 64.6 Å². The molecular weight excluding hydrogens is 398 g/mol. The maximum absolute atomic E-state index is 6.36. The van der Waals surface area contributed by atoms with E-state index in [1.165, 1.54) is 5.69 Å². The average molecular weight is 428 g/mol. The highest BCUT2D eigenvalue weighted by atomic mass is 35.5. The second kappa shape index (κ2) is 8.84. The molecule has 1 aliphatic rings. The summed E-state index contributed by atoms with van der Waals surface area (Å²) in [5.74, 6) is 0.689. The number of halogens is 1. The van der Waals surface area contributed by atoms with Crippen LogP contribution in [0.3, 0.4) is 0 Å². The number of ether oxygens (including phenoxy) is 1. The summed E-state index contributed by atoms with van der Waals surface area (Å²) in [5, 5.41) is 0.600. The number of benzene rings is 1. The number of hydrogen-bond donors (Lipinski definition) is 0. The van der Waals surface area contributed by atoms with E-state index in [1.807, 2.05) is 12.1 Å². The summed E-state index contributed by atoms with van der Waals surface area (Å²) >= 11 is 6.36. The van der Waals surface area contributed by atoms with Gasteiger partial charge in [-0.25, -0.2) is 4.98 Å². The van der Waals surface area contributed by atoms with Gasteiger partial charge in [-0.3, -0.25) is 4.90 Å².